The molecular formula is C25H36F3N5O5S2. The summed E-state index contributed by atoms with van der Waals surface area (Å²) in [5, 5.41) is -0.0766. The Morgan fingerprint density at radius 3 is 2.33 bits per heavy atom. The monoisotopic (exact) mass is 607 g/mol. The number of unbranched alkanes of at least 4 members (excludes halogenated alkanes) is 1. The van der Waals surface area contributed by atoms with Crippen LogP contribution in [0.3, 0.4) is 0 Å². The number of nitrogens with zero attached hydrogens (tertiary/aromatic N) is 5. The Labute approximate surface area is 233 Å². The van der Waals surface area contributed by atoms with Gasteiger partial charge < -0.3 is 14.4 Å². The Balaban J connectivity index is 1.48. The molecule has 2 heterocycles. The predicted octanol–water partition coefficient (Wildman–Crippen LogP) is 2.67. The molecule has 0 N–H and O–H groups in total. The van der Waals surface area contributed by atoms with Crippen LogP contribution in [0.15, 0.2) is 46.7 Å². The summed E-state index contributed by atoms with van der Waals surface area (Å²) < 4.78 is 89.9. The van der Waals surface area contributed by atoms with Gasteiger partial charge in [0.05, 0.1) is 17.8 Å². The van der Waals surface area contributed by atoms with Gasteiger partial charge in [0, 0.05) is 38.9 Å². The standard InChI is InChI=1S/C25H36F3N5O5S2/c1-4-31(20(2)16-21-8-10-22(11-9-21)39(35,36)25(26,27)28)12-5-6-13-32-14-7-15-33(18-24(32)34)40(37,38)23-17-30(3)19-29-23/h8-11,17,19-20H,4-7,12-16,18H2,1-3H3. The van der Waals surface area contributed by atoms with E-state index in [0.717, 1.165) is 43.6 Å². The topological polar surface area (TPSA) is 113 Å². The van der Waals surface area contributed by atoms with Crippen LogP contribution in [0, 0.1) is 0 Å². The smallest absolute Gasteiger partial charge is 0.342 e. The molecule has 10 nitrogen and oxygen atoms in total. The Bertz CT molecular complexity index is 1360. The molecule has 1 fully saturated rings. The lowest BCUT2D eigenvalue weighted by atomic mass is 10.1. The number of amides is 1. The lowest BCUT2D eigenvalue weighted by Gasteiger charge is -2.28. The summed E-state index contributed by atoms with van der Waals surface area (Å²) in [5.41, 5.74) is -4.61. The predicted molar refractivity (Wildman–Crippen MR) is 142 cm³/mol. The van der Waals surface area contributed by atoms with Crippen LogP contribution in [-0.4, -0.2) is 97.2 Å². The van der Waals surface area contributed by atoms with E-state index in [4.69, 9.17) is 0 Å². The van der Waals surface area contributed by atoms with Gasteiger partial charge in [0.1, 0.15) is 0 Å². The number of benzene rings is 1. The average molecular weight is 608 g/mol. The van der Waals surface area contributed by atoms with E-state index in [9.17, 15) is 34.8 Å². The molecule has 0 spiro atoms. The van der Waals surface area contributed by atoms with E-state index in [0.29, 0.717) is 25.9 Å². The third-order valence-electron chi connectivity index (χ3n) is 7.01. The molecule has 1 amide bonds. The summed E-state index contributed by atoms with van der Waals surface area (Å²) in [6.07, 6.45) is 5.40. The number of imidazole rings is 1. The number of hydrogen-bond donors (Lipinski definition) is 0. The van der Waals surface area contributed by atoms with Crippen LogP contribution in [0.4, 0.5) is 13.2 Å². The molecule has 2 aromatic rings. The minimum atomic E-state index is -5.37. The maximum Gasteiger partial charge on any atom is 0.501 e. The number of aromatic nitrogens is 2. The second-order valence-corrected chi connectivity index (χ2v) is 13.8. The van der Waals surface area contributed by atoms with E-state index in [2.05, 4.69) is 9.88 Å². The molecule has 40 heavy (non-hydrogen) atoms. The molecule has 3 rings (SSSR count). The summed E-state index contributed by atoms with van der Waals surface area (Å²) in [7, 11) is -7.54. The van der Waals surface area contributed by atoms with Crippen molar-refractivity contribution in [3.63, 3.8) is 0 Å². The minimum Gasteiger partial charge on any atom is -0.342 e. The van der Waals surface area contributed by atoms with Crippen molar-refractivity contribution >= 4 is 25.8 Å². The Hall–Kier alpha value is -2.49. The van der Waals surface area contributed by atoms with Crippen molar-refractivity contribution in [2.24, 2.45) is 7.05 Å². The van der Waals surface area contributed by atoms with Gasteiger partial charge in [-0.1, -0.05) is 19.1 Å². The molecular weight excluding hydrogens is 571 g/mol. The van der Waals surface area contributed by atoms with Gasteiger partial charge in [-0.2, -0.15) is 17.5 Å². The molecule has 1 unspecified atom stereocenters. The molecule has 0 saturated carbocycles. The zero-order chi connectivity index (χ0) is 29.7. The molecule has 0 radical (unpaired) electrons. The molecule has 1 saturated heterocycles. The highest BCUT2D eigenvalue weighted by Crippen LogP contribution is 2.30. The number of hydrogen-bond acceptors (Lipinski definition) is 7. The second kappa shape index (κ2) is 13.0. The normalized spacial score (nSPS) is 16.9. The van der Waals surface area contributed by atoms with Gasteiger partial charge >= 0.3 is 5.51 Å². The van der Waals surface area contributed by atoms with Gasteiger partial charge in [0.2, 0.25) is 5.91 Å². The number of sulfonamides is 1. The van der Waals surface area contributed by atoms with E-state index in [1.54, 1.807) is 16.5 Å². The van der Waals surface area contributed by atoms with Crippen molar-refractivity contribution in [3.05, 3.63) is 42.4 Å². The number of sulfone groups is 1. The average Bonchev–Trinajstić information content (AvgIpc) is 3.24. The number of aryl methyl sites for hydroxylation is 1. The summed E-state index contributed by atoms with van der Waals surface area (Å²) >= 11 is 0. The Morgan fingerprint density at radius 2 is 1.75 bits per heavy atom. The fraction of sp³-hybridized carbons (Fsp3) is 0.600. The van der Waals surface area contributed by atoms with Crippen LogP contribution in [0.1, 0.15) is 38.7 Å². The van der Waals surface area contributed by atoms with Crippen molar-refractivity contribution in [3.8, 4) is 0 Å². The summed E-state index contributed by atoms with van der Waals surface area (Å²) in [5.74, 6) is -0.242. The first kappa shape index (κ1) is 32.0. The van der Waals surface area contributed by atoms with Gasteiger partial charge in [-0.3, -0.25) is 4.79 Å². The van der Waals surface area contributed by atoms with E-state index in [1.807, 2.05) is 13.8 Å². The van der Waals surface area contributed by atoms with Gasteiger partial charge in [-0.15, -0.1) is 0 Å². The molecule has 0 aliphatic carbocycles. The van der Waals surface area contributed by atoms with Crippen molar-refractivity contribution in [2.45, 2.75) is 61.0 Å². The maximum atomic E-state index is 12.9. The molecule has 224 valence electrons. The number of carbonyl (C=O) groups is 1. The first-order chi connectivity index (χ1) is 18.7. The zero-order valence-corrected chi connectivity index (χ0v) is 24.5. The summed E-state index contributed by atoms with van der Waals surface area (Å²) in [6, 6.07) is 4.85. The molecule has 1 aromatic carbocycles. The number of halogens is 3. The third-order valence-corrected chi connectivity index (χ3v) is 10.2. The molecule has 1 aromatic heterocycles. The quantitative estimate of drug-likeness (QED) is 0.341. The first-order valence-corrected chi connectivity index (χ1v) is 16.0. The lowest BCUT2D eigenvalue weighted by Crippen LogP contribution is -2.40. The van der Waals surface area contributed by atoms with Crippen molar-refractivity contribution < 1.29 is 34.8 Å². The zero-order valence-electron chi connectivity index (χ0n) is 22.8. The molecule has 0 bridgehead atoms. The van der Waals surface area contributed by atoms with Crippen LogP contribution >= 0.6 is 0 Å². The fourth-order valence-electron chi connectivity index (χ4n) is 4.70. The highest BCUT2D eigenvalue weighted by atomic mass is 32.2. The number of alkyl halides is 3. The highest BCUT2D eigenvalue weighted by Gasteiger charge is 2.46. The van der Waals surface area contributed by atoms with Gasteiger partial charge in [-0.05, 0) is 63.4 Å². The van der Waals surface area contributed by atoms with E-state index in [1.165, 1.54) is 29.0 Å². The SMILES string of the molecule is CCN(CCCCN1CCCN(S(=O)(=O)c2cn(C)cn2)CC1=O)C(C)Cc1ccc(S(=O)(=O)C(F)(F)F)cc1. The van der Waals surface area contributed by atoms with Crippen molar-refractivity contribution in [1.82, 2.24) is 23.7 Å². The minimum absolute atomic E-state index is 0.0558. The molecule has 1 aliphatic rings. The van der Waals surface area contributed by atoms with E-state index < -0.39 is 30.3 Å². The summed E-state index contributed by atoms with van der Waals surface area (Å²) in [6.45, 7) is 6.48. The maximum absolute atomic E-state index is 12.9. The van der Waals surface area contributed by atoms with Crippen molar-refractivity contribution in [1.29, 1.82) is 0 Å². The van der Waals surface area contributed by atoms with E-state index >= 15 is 0 Å². The van der Waals surface area contributed by atoms with Crippen LogP contribution in [0.2, 0.25) is 0 Å². The van der Waals surface area contributed by atoms with Gasteiger partial charge in [-0.25, -0.2) is 21.8 Å². The number of carbonyl (C=O) groups excluding carboxylic acids is 1. The largest absolute Gasteiger partial charge is 0.501 e. The molecule has 15 heteroatoms. The second-order valence-electron chi connectivity index (χ2n) is 9.93. The van der Waals surface area contributed by atoms with Crippen LogP contribution in [0.5, 0.6) is 0 Å². The van der Waals surface area contributed by atoms with Crippen molar-refractivity contribution in [2.75, 3.05) is 39.3 Å². The van der Waals surface area contributed by atoms with Gasteiger partial charge in [0.25, 0.3) is 19.9 Å². The van der Waals surface area contributed by atoms with Crippen LogP contribution < -0.4 is 0 Å². The number of likely N-dealkylation sites (N-methyl/N-ethyl adjacent to an activating group) is 1. The number of rotatable bonds is 12. The Morgan fingerprint density at radius 1 is 1.07 bits per heavy atom. The molecule has 1 atom stereocenters. The third kappa shape index (κ3) is 7.62. The van der Waals surface area contributed by atoms with E-state index in [-0.39, 0.29) is 30.1 Å². The lowest BCUT2D eigenvalue weighted by molar-refractivity contribution is -0.130. The highest BCUT2D eigenvalue weighted by molar-refractivity contribution is 7.92. The fourth-order valence-corrected chi connectivity index (χ4v) is 6.86. The first-order valence-electron chi connectivity index (χ1n) is 13.1. The van der Waals surface area contributed by atoms with Crippen LogP contribution in [-0.2, 0) is 38.1 Å². The van der Waals surface area contributed by atoms with Gasteiger partial charge in [0.15, 0.2) is 5.03 Å². The Kier molecular flexibility index (Phi) is 10.4. The molecule has 1 aliphatic heterocycles. The van der Waals surface area contributed by atoms with Crippen LogP contribution in [0.25, 0.3) is 0 Å². The summed E-state index contributed by atoms with van der Waals surface area (Å²) in [4.78, 5) is 19.9.